The Labute approximate surface area is 221 Å². The van der Waals surface area contributed by atoms with Crippen molar-refractivity contribution in [1.82, 2.24) is 24.5 Å². The van der Waals surface area contributed by atoms with E-state index >= 15 is 0 Å². The summed E-state index contributed by atoms with van der Waals surface area (Å²) < 4.78 is 3.95. The van der Waals surface area contributed by atoms with Crippen LogP contribution in [0.15, 0.2) is 12.4 Å². The van der Waals surface area contributed by atoms with E-state index in [9.17, 15) is 9.59 Å². The van der Waals surface area contributed by atoms with E-state index in [4.69, 9.17) is 0 Å². The zero-order chi connectivity index (χ0) is 25.7. The van der Waals surface area contributed by atoms with E-state index in [1.165, 1.54) is 23.3 Å². The van der Waals surface area contributed by atoms with Crippen LogP contribution in [0.4, 0.5) is 11.8 Å². The molecule has 196 valence electrons. The summed E-state index contributed by atoms with van der Waals surface area (Å²) >= 11 is 1.72. The quantitative estimate of drug-likeness (QED) is 0.333. The highest BCUT2D eigenvalue weighted by Gasteiger charge is 2.35. The predicted molar refractivity (Wildman–Crippen MR) is 144 cm³/mol. The van der Waals surface area contributed by atoms with E-state index in [0.717, 1.165) is 66.4 Å². The predicted octanol–water partition coefficient (Wildman–Crippen LogP) is 5.56. The molecular formula is C28H36N6O2S. The van der Waals surface area contributed by atoms with Crippen LogP contribution >= 0.6 is 11.3 Å². The van der Waals surface area contributed by atoms with Crippen LogP contribution < -0.4 is 5.32 Å². The van der Waals surface area contributed by atoms with E-state index in [0.29, 0.717) is 30.5 Å². The molecule has 0 saturated heterocycles. The molecule has 2 fully saturated rings. The summed E-state index contributed by atoms with van der Waals surface area (Å²) in [7, 11) is 1.93. The first-order valence-corrected chi connectivity index (χ1v) is 14.6. The summed E-state index contributed by atoms with van der Waals surface area (Å²) in [5.74, 6) is 3.39. The first kappa shape index (κ1) is 24.5. The van der Waals surface area contributed by atoms with Crippen LogP contribution in [0.3, 0.4) is 0 Å². The molecule has 0 spiro atoms. The molecule has 1 N–H and O–H groups in total. The molecule has 2 saturated carbocycles. The Bertz CT molecular complexity index is 1330. The highest BCUT2D eigenvalue weighted by Crippen LogP contribution is 2.42. The molecule has 8 nitrogen and oxygen atoms in total. The molecule has 0 aromatic carbocycles. The fraction of sp³-hybridized carbons (Fsp3) is 0.607. The molecule has 6 rings (SSSR count). The molecular weight excluding hydrogens is 484 g/mol. The summed E-state index contributed by atoms with van der Waals surface area (Å²) in [4.78, 5) is 28.6. The molecule has 1 atom stereocenters. The number of rotatable bonds is 11. The Balaban J connectivity index is 1.26. The van der Waals surface area contributed by atoms with Gasteiger partial charge in [0, 0.05) is 53.2 Å². The van der Waals surface area contributed by atoms with Gasteiger partial charge in [-0.1, -0.05) is 26.7 Å². The van der Waals surface area contributed by atoms with Crippen molar-refractivity contribution in [2.24, 2.45) is 18.9 Å². The molecule has 0 bridgehead atoms. The first-order valence-electron chi connectivity index (χ1n) is 13.8. The minimum absolute atomic E-state index is 0.152. The second-order valence-electron chi connectivity index (χ2n) is 11.4. The van der Waals surface area contributed by atoms with Crippen LogP contribution in [0, 0.1) is 11.8 Å². The van der Waals surface area contributed by atoms with Gasteiger partial charge in [-0.15, -0.1) is 21.5 Å². The van der Waals surface area contributed by atoms with E-state index in [-0.39, 0.29) is 17.7 Å². The van der Waals surface area contributed by atoms with E-state index in [2.05, 4.69) is 45.1 Å². The number of ketones is 2. The highest BCUT2D eigenvalue weighted by molar-refractivity contribution is 7.12. The van der Waals surface area contributed by atoms with Gasteiger partial charge in [0.25, 0.3) is 0 Å². The van der Waals surface area contributed by atoms with Crippen molar-refractivity contribution in [1.29, 1.82) is 0 Å². The molecule has 0 amide bonds. The van der Waals surface area contributed by atoms with Crippen LogP contribution in [0.25, 0.3) is 0 Å². The molecule has 3 aromatic rings. The molecule has 0 unspecified atom stereocenters. The number of fused-ring (bicyclic) bond motifs is 1. The van der Waals surface area contributed by atoms with Gasteiger partial charge >= 0.3 is 0 Å². The third-order valence-electron chi connectivity index (χ3n) is 8.13. The lowest BCUT2D eigenvalue weighted by atomic mass is 9.88. The van der Waals surface area contributed by atoms with E-state index in [1.807, 2.05) is 11.7 Å². The van der Waals surface area contributed by atoms with Gasteiger partial charge in [-0.25, -0.2) is 0 Å². The lowest BCUT2D eigenvalue weighted by molar-refractivity contribution is -0.119. The smallest absolute Gasteiger partial charge is 0.230 e. The fourth-order valence-electron chi connectivity index (χ4n) is 5.48. The lowest BCUT2D eigenvalue weighted by Crippen LogP contribution is -2.20. The minimum Gasteiger partial charge on any atom is -0.309 e. The Kier molecular flexibility index (Phi) is 6.51. The van der Waals surface area contributed by atoms with Gasteiger partial charge in [0.15, 0.2) is 5.78 Å². The SMILES string of the molecule is CC(C)c1cc(Nc2nncn2[C@H]2CCc3sc(CC(=O)C4CC4)c(C(=O)CCC4CC4)c3C2)n(C)n1. The Hall–Kier alpha value is -2.81. The third-order valence-corrected chi connectivity index (χ3v) is 9.42. The number of carbonyl (C=O) groups excluding carboxylic acids is 2. The number of hydrogen-bond acceptors (Lipinski definition) is 7. The van der Waals surface area contributed by atoms with Crippen LogP contribution in [0.1, 0.15) is 102 Å². The number of carbonyl (C=O) groups is 2. The number of nitrogens with one attached hydrogen (secondary N) is 1. The summed E-state index contributed by atoms with van der Waals surface area (Å²) in [6, 6.07) is 2.21. The Morgan fingerprint density at radius 3 is 2.70 bits per heavy atom. The van der Waals surface area contributed by atoms with Gasteiger partial charge in [-0.3, -0.25) is 18.8 Å². The number of anilines is 2. The molecule has 3 aromatic heterocycles. The number of aromatic nitrogens is 5. The standard InChI is InChI=1S/C28H36N6O2S/c1-16(2)21-13-26(33(3)32-21)30-28-31-29-15-34(28)19-9-11-24-20(12-19)27(22(35)10-6-17-4-5-17)25(37-24)14-23(36)18-7-8-18/h13,15-19H,4-12,14H2,1-3H3,(H,30,31)/t19-/m0/s1. The molecule has 0 radical (unpaired) electrons. The van der Waals surface area contributed by atoms with Gasteiger partial charge < -0.3 is 5.32 Å². The molecule has 0 aliphatic heterocycles. The van der Waals surface area contributed by atoms with Crippen LogP contribution in [0.2, 0.25) is 0 Å². The zero-order valence-electron chi connectivity index (χ0n) is 22.0. The van der Waals surface area contributed by atoms with Gasteiger partial charge in [-0.05, 0) is 55.9 Å². The lowest BCUT2D eigenvalue weighted by Gasteiger charge is -2.25. The Morgan fingerprint density at radius 1 is 1.19 bits per heavy atom. The highest BCUT2D eigenvalue weighted by atomic mass is 32.1. The van der Waals surface area contributed by atoms with Gasteiger partial charge in [0.1, 0.15) is 17.9 Å². The summed E-state index contributed by atoms with van der Waals surface area (Å²) in [5, 5.41) is 16.6. The number of Topliss-reactive ketones (excluding diaryl/α,β-unsaturated/α-hetero) is 2. The van der Waals surface area contributed by atoms with Gasteiger partial charge in [-0.2, -0.15) is 5.10 Å². The number of hydrogen-bond donors (Lipinski definition) is 1. The maximum Gasteiger partial charge on any atom is 0.230 e. The molecule has 37 heavy (non-hydrogen) atoms. The Morgan fingerprint density at radius 2 is 2.00 bits per heavy atom. The average molecular weight is 521 g/mol. The van der Waals surface area contributed by atoms with Gasteiger partial charge in [0.05, 0.1) is 5.69 Å². The second-order valence-corrected chi connectivity index (χ2v) is 12.6. The van der Waals surface area contributed by atoms with Crippen molar-refractivity contribution in [3.63, 3.8) is 0 Å². The van der Waals surface area contributed by atoms with Crippen molar-refractivity contribution in [3.05, 3.63) is 39.0 Å². The number of aryl methyl sites for hydroxylation is 2. The third kappa shape index (κ3) is 5.15. The van der Waals surface area contributed by atoms with Crippen LogP contribution in [0.5, 0.6) is 0 Å². The van der Waals surface area contributed by atoms with E-state index < -0.39 is 0 Å². The summed E-state index contributed by atoms with van der Waals surface area (Å²) in [5.41, 5.74) is 3.07. The van der Waals surface area contributed by atoms with Gasteiger partial charge in [0.2, 0.25) is 5.95 Å². The molecule has 3 aliphatic carbocycles. The number of thiophene rings is 1. The molecule has 3 heterocycles. The normalized spacial score (nSPS) is 19.3. The maximum atomic E-state index is 13.5. The monoisotopic (exact) mass is 520 g/mol. The van der Waals surface area contributed by atoms with Crippen molar-refractivity contribution in [3.8, 4) is 0 Å². The van der Waals surface area contributed by atoms with Crippen molar-refractivity contribution < 1.29 is 9.59 Å². The summed E-state index contributed by atoms with van der Waals surface area (Å²) in [6.07, 6.45) is 10.9. The van der Waals surface area contributed by atoms with E-state index in [1.54, 1.807) is 17.7 Å². The average Bonchev–Trinajstić information content (AvgIpc) is 3.78. The second kappa shape index (κ2) is 9.82. The zero-order valence-corrected chi connectivity index (χ0v) is 22.8. The largest absolute Gasteiger partial charge is 0.309 e. The molecule has 3 aliphatic rings. The minimum atomic E-state index is 0.152. The first-order chi connectivity index (χ1) is 17.9. The number of nitrogens with zero attached hydrogens (tertiary/aromatic N) is 5. The topological polar surface area (TPSA) is 94.7 Å². The summed E-state index contributed by atoms with van der Waals surface area (Å²) in [6.45, 7) is 4.26. The van der Waals surface area contributed by atoms with Crippen molar-refractivity contribution in [2.45, 2.75) is 90.0 Å². The van der Waals surface area contributed by atoms with Crippen molar-refractivity contribution >= 4 is 34.7 Å². The maximum absolute atomic E-state index is 13.5. The van der Waals surface area contributed by atoms with Crippen molar-refractivity contribution in [2.75, 3.05) is 5.32 Å². The molecule has 9 heteroatoms. The van der Waals surface area contributed by atoms with Crippen LogP contribution in [-0.2, 0) is 31.1 Å². The van der Waals surface area contributed by atoms with Crippen LogP contribution in [-0.4, -0.2) is 36.1 Å². The fourth-order valence-corrected chi connectivity index (χ4v) is 6.86.